The Labute approximate surface area is 124 Å². The van der Waals surface area contributed by atoms with Crippen LogP contribution in [-0.4, -0.2) is 13.0 Å². The first-order valence-electron chi connectivity index (χ1n) is 6.84. The average Bonchev–Trinajstić information content (AvgIpc) is 2.49. The quantitative estimate of drug-likeness (QED) is 0.887. The second-order valence-corrected chi connectivity index (χ2v) is 4.93. The molecule has 0 aliphatic rings. The number of aryl methyl sites for hydroxylation is 1. The Balaban J connectivity index is 2.07. The van der Waals surface area contributed by atoms with Gasteiger partial charge in [-0.25, -0.2) is 0 Å². The molecule has 2 rings (SSSR count). The van der Waals surface area contributed by atoms with Gasteiger partial charge in [0.05, 0.1) is 13.5 Å². The summed E-state index contributed by atoms with van der Waals surface area (Å²) in [4.78, 5) is 12.2. The summed E-state index contributed by atoms with van der Waals surface area (Å²) in [5.41, 5.74) is 9.37. The molecule has 3 N–H and O–H groups in total. The number of anilines is 1. The average molecular weight is 284 g/mol. The molecule has 0 saturated carbocycles. The molecule has 4 nitrogen and oxygen atoms in total. The molecule has 0 heterocycles. The first kappa shape index (κ1) is 15.1. The molecular weight excluding hydrogens is 264 g/mol. The lowest BCUT2D eigenvalue weighted by atomic mass is 10.1. The second-order valence-electron chi connectivity index (χ2n) is 4.93. The number of hydrogen-bond donors (Lipinski definition) is 2. The maximum atomic E-state index is 12.2. The molecule has 4 heteroatoms. The van der Waals surface area contributed by atoms with Crippen molar-refractivity contribution in [1.82, 2.24) is 0 Å². The number of methoxy groups -OCH3 is 1. The lowest BCUT2D eigenvalue weighted by molar-refractivity contribution is -0.115. The van der Waals surface area contributed by atoms with E-state index in [1.807, 2.05) is 49.4 Å². The van der Waals surface area contributed by atoms with Gasteiger partial charge in [0, 0.05) is 12.2 Å². The van der Waals surface area contributed by atoms with Gasteiger partial charge >= 0.3 is 0 Å². The number of nitrogens with two attached hydrogens (primary N) is 1. The van der Waals surface area contributed by atoms with Gasteiger partial charge in [-0.15, -0.1) is 0 Å². The molecule has 0 radical (unpaired) electrons. The number of nitrogens with one attached hydrogen (secondary N) is 1. The van der Waals surface area contributed by atoms with Crippen LogP contribution < -0.4 is 15.8 Å². The fourth-order valence-corrected chi connectivity index (χ4v) is 2.09. The van der Waals surface area contributed by atoms with Gasteiger partial charge in [-0.2, -0.15) is 0 Å². The molecule has 0 aromatic heterocycles. The minimum absolute atomic E-state index is 0.0551. The van der Waals surface area contributed by atoms with Gasteiger partial charge < -0.3 is 15.8 Å². The lowest BCUT2D eigenvalue weighted by Gasteiger charge is -2.10. The van der Waals surface area contributed by atoms with E-state index in [0.717, 1.165) is 28.1 Å². The van der Waals surface area contributed by atoms with Crippen LogP contribution in [-0.2, 0) is 17.8 Å². The highest BCUT2D eigenvalue weighted by atomic mass is 16.5. The minimum atomic E-state index is -0.0551. The summed E-state index contributed by atoms with van der Waals surface area (Å²) in [5.74, 6) is 0.696. The fraction of sp³-hybridized carbons (Fsp3) is 0.235. The van der Waals surface area contributed by atoms with Crippen LogP contribution in [0.1, 0.15) is 16.7 Å². The molecule has 2 aromatic carbocycles. The molecule has 0 atom stereocenters. The summed E-state index contributed by atoms with van der Waals surface area (Å²) in [6.07, 6.45) is 0.309. The maximum absolute atomic E-state index is 12.2. The monoisotopic (exact) mass is 284 g/mol. The van der Waals surface area contributed by atoms with Crippen molar-refractivity contribution in [3.8, 4) is 5.75 Å². The molecule has 0 aliphatic heterocycles. The Hall–Kier alpha value is -2.33. The van der Waals surface area contributed by atoms with Crippen LogP contribution in [0.2, 0.25) is 0 Å². The van der Waals surface area contributed by atoms with Crippen LogP contribution in [0.5, 0.6) is 5.75 Å². The van der Waals surface area contributed by atoms with E-state index >= 15 is 0 Å². The molecule has 0 unspecified atom stereocenters. The smallest absolute Gasteiger partial charge is 0.228 e. The Morgan fingerprint density at radius 3 is 2.71 bits per heavy atom. The minimum Gasteiger partial charge on any atom is -0.497 e. The van der Waals surface area contributed by atoms with Crippen molar-refractivity contribution in [1.29, 1.82) is 0 Å². The highest BCUT2D eigenvalue weighted by Gasteiger charge is 2.07. The van der Waals surface area contributed by atoms with Gasteiger partial charge in [0.25, 0.3) is 0 Å². The van der Waals surface area contributed by atoms with Crippen molar-refractivity contribution in [3.63, 3.8) is 0 Å². The SMILES string of the molecule is COc1cccc(CC(=O)Nc2cc(CN)ccc2C)c1. The Morgan fingerprint density at radius 2 is 2.00 bits per heavy atom. The number of amides is 1. The van der Waals surface area contributed by atoms with Gasteiger partial charge in [0.2, 0.25) is 5.91 Å². The highest BCUT2D eigenvalue weighted by molar-refractivity contribution is 5.93. The summed E-state index contributed by atoms with van der Waals surface area (Å²) in [7, 11) is 1.61. The molecule has 21 heavy (non-hydrogen) atoms. The van der Waals surface area contributed by atoms with Crippen LogP contribution in [0.15, 0.2) is 42.5 Å². The first-order valence-corrected chi connectivity index (χ1v) is 6.84. The van der Waals surface area contributed by atoms with E-state index in [1.165, 1.54) is 0 Å². The standard InChI is InChI=1S/C17H20N2O2/c1-12-6-7-14(11-18)9-16(12)19-17(20)10-13-4-3-5-15(8-13)21-2/h3-9H,10-11,18H2,1-2H3,(H,19,20). The van der Waals surface area contributed by atoms with E-state index < -0.39 is 0 Å². The van der Waals surface area contributed by atoms with E-state index in [1.54, 1.807) is 7.11 Å². The normalized spacial score (nSPS) is 10.2. The van der Waals surface area contributed by atoms with Gasteiger partial charge in [0.1, 0.15) is 5.75 Å². The van der Waals surface area contributed by atoms with Crippen molar-refractivity contribution in [2.24, 2.45) is 5.73 Å². The van der Waals surface area contributed by atoms with E-state index in [4.69, 9.17) is 10.5 Å². The van der Waals surface area contributed by atoms with Crippen LogP contribution >= 0.6 is 0 Å². The summed E-state index contributed by atoms with van der Waals surface area (Å²) in [6.45, 7) is 2.42. The van der Waals surface area contributed by atoms with Crippen LogP contribution in [0.4, 0.5) is 5.69 Å². The van der Waals surface area contributed by atoms with Crippen LogP contribution in [0, 0.1) is 6.92 Å². The summed E-state index contributed by atoms with van der Waals surface area (Å²) in [5, 5.41) is 2.94. The molecule has 0 fully saturated rings. The first-order chi connectivity index (χ1) is 10.1. The van der Waals surface area contributed by atoms with Gasteiger partial charge in [-0.3, -0.25) is 4.79 Å². The number of benzene rings is 2. The van der Waals surface area contributed by atoms with Gasteiger partial charge in [-0.1, -0.05) is 24.3 Å². The van der Waals surface area contributed by atoms with E-state index in [2.05, 4.69) is 5.32 Å². The van der Waals surface area contributed by atoms with E-state index in [-0.39, 0.29) is 5.91 Å². The zero-order valence-corrected chi connectivity index (χ0v) is 12.3. The van der Waals surface area contributed by atoms with Gasteiger partial charge in [0.15, 0.2) is 0 Å². The molecular formula is C17H20N2O2. The van der Waals surface area contributed by atoms with Crippen molar-refractivity contribution >= 4 is 11.6 Å². The third-order valence-corrected chi connectivity index (χ3v) is 3.31. The highest BCUT2D eigenvalue weighted by Crippen LogP contribution is 2.18. The largest absolute Gasteiger partial charge is 0.497 e. The third kappa shape index (κ3) is 4.07. The maximum Gasteiger partial charge on any atom is 0.228 e. The number of rotatable bonds is 5. The van der Waals surface area contributed by atoms with Crippen molar-refractivity contribution in [2.45, 2.75) is 19.9 Å². The number of ether oxygens (including phenoxy) is 1. The molecule has 0 spiro atoms. The Kier molecular flexibility index (Phi) is 4.95. The van der Waals surface area contributed by atoms with Crippen molar-refractivity contribution < 1.29 is 9.53 Å². The molecule has 0 bridgehead atoms. The van der Waals surface area contributed by atoms with Gasteiger partial charge in [-0.05, 0) is 41.8 Å². The number of carbonyl (C=O) groups excluding carboxylic acids is 1. The molecule has 110 valence electrons. The molecule has 1 amide bonds. The molecule has 0 aliphatic carbocycles. The topological polar surface area (TPSA) is 64.3 Å². The second kappa shape index (κ2) is 6.90. The predicted molar refractivity (Wildman–Crippen MR) is 84.4 cm³/mol. The van der Waals surface area contributed by atoms with Crippen LogP contribution in [0.3, 0.4) is 0 Å². The number of carbonyl (C=O) groups is 1. The zero-order valence-electron chi connectivity index (χ0n) is 12.3. The summed E-state index contributed by atoms with van der Waals surface area (Å²) in [6, 6.07) is 13.3. The zero-order chi connectivity index (χ0) is 15.2. The Bertz CT molecular complexity index is 638. The van der Waals surface area contributed by atoms with E-state index in [0.29, 0.717) is 13.0 Å². The van der Waals surface area contributed by atoms with Crippen molar-refractivity contribution in [3.05, 3.63) is 59.2 Å². The molecule has 2 aromatic rings. The Morgan fingerprint density at radius 1 is 1.19 bits per heavy atom. The van der Waals surface area contributed by atoms with E-state index in [9.17, 15) is 4.79 Å². The van der Waals surface area contributed by atoms with Crippen LogP contribution in [0.25, 0.3) is 0 Å². The third-order valence-electron chi connectivity index (χ3n) is 3.31. The lowest BCUT2D eigenvalue weighted by Crippen LogP contribution is -2.15. The summed E-state index contributed by atoms with van der Waals surface area (Å²) < 4.78 is 5.16. The molecule has 0 saturated heterocycles. The summed E-state index contributed by atoms with van der Waals surface area (Å²) >= 11 is 0. The predicted octanol–water partition coefficient (Wildman–Crippen LogP) is 2.64. The number of hydrogen-bond acceptors (Lipinski definition) is 3. The fourth-order valence-electron chi connectivity index (χ4n) is 2.09. The van der Waals surface area contributed by atoms with Crippen molar-refractivity contribution in [2.75, 3.05) is 12.4 Å².